The van der Waals surface area contributed by atoms with Crippen molar-refractivity contribution in [2.24, 2.45) is 0 Å². The van der Waals surface area contributed by atoms with E-state index in [2.05, 4.69) is 10.2 Å². The van der Waals surface area contributed by atoms with Gasteiger partial charge in [0.1, 0.15) is 0 Å². The minimum atomic E-state index is -0.0143. The first-order valence-electron chi connectivity index (χ1n) is 7.57. The lowest BCUT2D eigenvalue weighted by molar-refractivity contribution is -0.00702. The van der Waals surface area contributed by atoms with E-state index in [1.54, 1.807) is 0 Å². The van der Waals surface area contributed by atoms with Crippen LogP contribution in [0.15, 0.2) is 0 Å². The van der Waals surface area contributed by atoms with E-state index >= 15 is 0 Å². The van der Waals surface area contributed by atoms with Gasteiger partial charge in [-0.3, -0.25) is 9.89 Å². The van der Waals surface area contributed by atoms with Crippen LogP contribution in [0, 0.1) is 0 Å². The Morgan fingerprint density at radius 3 is 2.75 bits per heavy atom. The van der Waals surface area contributed by atoms with Crippen LogP contribution in [-0.4, -0.2) is 40.2 Å². The molecule has 0 unspecified atom stereocenters. The zero-order valence-corrected chi connectivity index (χ0v) is 12.5. The van der Waals surface area contributed by atoms with E-state index in [-0.39, 0.29) is 18.1 Å². The highest BCUT2D eigenvalue weighted by molar-refractivity contribution is 5.94. The molecule has 1 fully saturated rings. The maximum atomic E-state index is 12.7. The van der Waals surface area contributed by atoms with Gasteiger partial charge in [0, 0.05) is 25.1 Å². The molecule has 1 aliphatic heterocycles. The fourth-order valence-electron chi connectivity index (χ4n) is 3.47. The first kappa shape index (κ1) is 13.6. The summed E-state index contributed by atoms with van der Waals surface area (Å²) in [6.07, 6.45) is 5.56. The molecule has 0 aromatic carbocycles. The molecule has 1 aromatic heterocycles. The number of carbonyl (C=O) groups is 1. The summed E-state index contributed by atoms with van der Waals surface area (Å²) in [7, 11) is 1.91. The third kappa shape index (κ3) is 2.24. The molecule has 1 aromatic rings. The van der Waals surface area contributed by atoms with Crippen molar-refractivity contribution in [3.63, 3.8) is 0 Å². The Morgan fingerprint density at radius 1 is 1.35 bits per heavy atom. The van der Waals surface area contributed by atoms with Gasteiger partial charge >= 0.3 is 0 Å². The summed E-state index contributed by atoms with van der Waals surface area (Å²) in [4.78, 5) is 14.6. The molecule has 3 rings (SSSR count). The van der Waals surface area contributed by atoms with Crippen molar-refractivity contribution in [1.82, 2.24) is 15.1 Å². The first-order chi connectivity index (χ1) is 9.58. The molecule has 2 aliphatic rings. The van der Waals surface area contributed by atoms with Crippen molar-refractivity contribution >= 4 is 5.91 Å². The average Bonchev–Trinajstić information content (AvgIpc) is 3.05. The summed E-state index contributed by atoms with van der Waals surface area (Å²) in [6.45, 7) is 4.04. The Hall–Kier alpha value is -1.36. The predicted molar refractivity (Wildman–Crippen MR) is 75.6 cm³/mol. The lowest BCUT2D eigenvalue weighted by atomic mass is 9.99. The fraction of sp³-hybridized carbons (Fsp3) is 0.733. The Bertz CT molecular complexity index is 505. The van der Waals surface area contributed by atoms with Crippen molar-refractivity contribution < 1.29 is 9.53 Å². The predicted octanol–water partition coefficient (Wildman–Crippen LogP) is 2.45. The average molecular weight is 277 g/mol. The molecule has 5 heteroatoms. The number of ether oxygens (including phenoxy) is 1. The smallest absolute Gasteiger partial charge is 0.274 e. The third-order valence-corrected chi connectivity index (χ3v) is 4.63. The zero-order chi connectivity index (χ0) is 14.3. The Kier molecular flexibility index (Phi) is 3.54. The number of hydrogen-bond acceptors (Lipinski definition) is 3. The van der Waals surface area contributed by atoms with Crippen molar-refractivity contribution in [3.05, 3.63) is 17.0 Å². The van der Waals surface area contributed by atoms with Crippen LogP contribution in [0.4, 0.5) is 0 Å². The minimum Gasteiger partial charge on any atom is -0.369 e. The summed E-state index contributed by atoms with van der Waals surface area (Å²) in [5.41, 5.74) is 2.61. The van der Waals surface area contributed by atoms with Crippen molar-refractivity contribution in [1.29, 1.82) is 0 Å². The van der Waals surface area contributed by atoms with E-state index < -0.39 is 0 Å². The van der Waals surface area contributed by atoms with Crippen LogP contribution in [0.3, 0.4) is 0 Å². The molecule has 2 heterocycles. The molecule has 0 spiro atoms. The lowest BCUT2D eigenvalue weighted by Gasteiger charge is -2.27. The number of amides is 1. The highest BCUT2D eigenvalue weighted by Gasteiger charge is 2.32. The van der Waals surface area contributed by atoms with Crippen LogP contribution < -0.4 is 0 Å². The fourth-order valence-corrected chi connectivity index (χ4v) is 3.47. The molecule has 1 amide bonds. The molecule has 2 atom stereocenters. The van der Waals surface area contributed by atoms with Gasteiger partial charge in [0.25, 0.3) is 5.91 Å². The largest absolute Gasteiger partial charge is 0.369 e. The Labute approximate surface area is 119 Å². The molecule has 0 radical (unpaired) electrons. The molecule has 0 bridgehead atoms. The van der Waals surface area contributed by atoms with Gasteiger partial charge < -0.3 is 9.64 Å². The number of aromatic nitrogens is 2. The molecule has 5 nitrogen and oxygen atoms in total. The van der Waals surface area contributed by atoms with Gasteiger partial charge in [-0.25, -0.2) is 0 Å². The van der Waals surface area contributed by atoms with E-state index in [4.69, 9.17) is 4.74 Å². The van der Waals surface area contributed by atoms with Crippen LogP contribution >= 0.6 is 0 Å². The number of aromatic amines is 1. The maximum Gasteiger partial charge on any atom is 0.274 e. The number of fused-ring (bicyclic) bond motifs is 1. The number of rotatable bonds is 2. The van der Waals surface area contributed by atoms with Crippen molar-refractivity contribution in [2.75, 3.05) is 7.05 Å². The quantitative estimate of drug-likeness (QED) is 0.903. The first-order valence-corrected chi connectivity index (χ1v) is 7.57. The van der Waals surface area contributed by atoms with Crippen LogP contribution in [-0.2, 0) is 11.2 Å². The van der Waals surface area contributed by atoms with Crippen LogP contribution in [0.5, 0.6) is 0 Å². The number of H-pyrrole nitrogens is 1. The minimum absolute atomic E-state index is 0.0143. The number of nitrogens with one attached hydrogen (secondary N) is 1. The highest BCUT2D eigenvalue weighted by Crippen LogP contribution is 2.31. The maximum absolute atomic E-state index is 12.7. The van der Waals surface area contributed by atoms with Crippen molar-refractivity contribution in [3.8, 4) is 0 Å². The monoisotopic (exact) mass is 277 g/mol. The van der Waals surface area contributed by atoms with E-state index in [0.29, 0.717) is 11.7 Å². The van der Waals surface area contributed by atoms with E-state index in [9.17, 15) is 4.79 Å². The second-order valence-corrected chi connectivity index (χ2v) is 6.11. The third-order valence-electron chi connectivity index (χ3n) is 4.63. The number of carbonyl (C=O) groups excluding carboxylic acids is 1. The molecule has 110 valence electrons. The summed E-state index contributed by atoms with van der Waals surface area (Å²) >= 11 is 0. The van der Waals surface area contributed by atoms with Crippen molar-refractivity contribution in [2.45, 2.75) is 64.2 Å². The molecular formula is C15H23N3O2. The second-order valence-electron chi connectivity index (χ2n) is 6.11. The topological polar surface area (TPSA) is 58.2 Å². The van der Waals surface area contributed by atoms with Gasteiger partial charge in [0.15, 0.2) is 5.69 Å². The van der Waals surface area contributed by atoms with Gasteiger partial charge in [0.05, 0.1) is 17.9 Å². The molecule has 1 N–H and O–H groups in total. The summed E-state index contributed by atoms with van der Waals surface area (Å²) < 4.78 is 5.77. The van der Waals surface area contributed by atoms with Gasteiger partial charge in [-0.1, -0.05) is 12.8 Å². The summed E-state index contributed by atoms with van der Waals surface area (Å²) in [6, 6.07) is 0.379. The van der Waals surface area contributed by atoms with Gasteiger partial charge in [-0.05, 0) is 26.7 Å². The normalized spacial score (nSPS) is 26.6. The van der Waals surface area contributed by atoms with Crippen LogP contribution in [0.25, 0.3) is 0 Å². The number of hydrogen-bond donors (Lipinski definition) is 1. The molecule has 1 saturated carbocycles. The van der Waals surface area contributed by atoms with Gasteiger partial charge in [-0.15, -0.1) is 0 Å². The van der Waals surface area contributed by atoms with Gasteiger partial charge in [0.2, 0.25) is 0 Å². The van der Waals surface area contributed by atoms with E-state index in [1.807, 2.05) is 25.8 Å². The zero-order valence-electron chi connectivity index (χ0n) is 12.5. The van der Waals surface area contributed by atoms with Gasteiger partial charge in [-0.2, -0.15) is 5.10 Å². The SMILES string of the molecule is C[C@@H]1Cc2c(C(=O)N(C)C3CCCC3)n[nH]c2[C@H](C)O1. The summed E-state index contributed by atoms with van der Waals surface area (Å²) in [5.74, 6) is 0.0516. The van der Waals surface area contributed by atoms with E-state index in [0.717, 1.165) is 30.5 Å². The molecule has 20 heavy (non-hydrogen) atoms. The molecule has 1 aliphatic carbocycles. The lowest BCUT2D eigenvalue weighted by Crippen LogP contribution is -2.36. The van der Waals surface area contributed by atoms with Crippen LogP contribution in [0.2, 0.25) is 0 Å². The van der Waals surface area contributed by atoms with E-state index in [1.165, 1.54) is 12.8 Å². The Morgan fingerprint density at radius 2 is 2.05 bits per heavy atom. The summed E-state index contributed by atoms with van der Waals surface area (Å²) in [5, 5.41) is 7.28. The second kappa shape index (κ2) is 5.20. The van der Waals surface area contributed by atoms with Crippen LogP contribution in [0.1, 0.15) is 67.4 Å². The molecule has 0 saturated heterocycles. The molecular weight excluding hydrogens is 254 g/mol. The number of nitrogens with zero attached hydrogens (tertiary/aromatic N) is 2. The standard InChI is InChI=1S/C15H23N3O2/c1-9-8-12-13(10(2)20-9)16-17-14(12)15(19)18(3)11-6-4-5-7-11/h9-11H,4-8H2,1-3H3,(H,16,17)/t9-,10+/m1/s1. The highest BCUT2D eigenvalue weighted by atomic mass is 16.5. The Balaban J connectivity index is 1.85.